The highest BCUT2D eigenvalue weighted by Gasteiger charge is 2.40. The van der Waals surface area contributed by atoms with Crippen molar-refractivity contribution in [3.8, 4) is 0 Å². The molecule has 0 unspecified atom stereocenters. The Bertz CT molecular complexity index is 644. The maximum absolute atomic E-state index is 12.5. The van der Waals surface area contributed by atoms with Crippen LogP contribution >= 0.6 is 0 Å². The van der Waals surface area contributed by atoms with Crippen molar-refractivity contribution in [1.82, 2.24) is 15.5 Å². The van der Waals surface area contributed by atoms with Crippen molar-refractivity contribution in [2.75, 3.05) is 6.54 Å². The summed E-state index contributed by atoms with van der Waals surface area (Å²) in [5.74, 6) is -0.997. The molecule has 2 rings (SSSR count). The molecule has 1 fully saturated rings. The number of likely N-dealkylation sites (tertiary alicyclic amines) is 1. The Morgan fingerprint density at radius 3 is 2.52 bits per heavy atom. The number of rotatable bonds is 5. The lowest BCUT2D eigenvalue weighted by atomic mass is 10.1. The number of hydrogen-bond donors (Lipinski definition) is 3. The molecule has 3 N–H and O–H groups in total. The number of β-amino-alcohol motifs (C(OH)–C–C–N with tert-alkyl or cyclic N) is 1. The Morgan fingerprint density at radius 1 is 1.28 bits per heavy atom. The van der Waals surface area contributed by atoms with Gasteiger partial charge in [-0.15, -0.1) is 0 Å². The molecule has 1 aromatic carbocycles. The summed E-state index contributed by atoms with van der Waals surface area (Å²) in [7, 11) is 0. The van der Waals surface area contributed by atoms with E-state index in [1.807, 2.05) is 31.2 Å². The van der Waals surface area contributed by atoms with Gasteiger partial charge in [0.15, 0.2) is 0 Å². The molecule has 7 heteroatoms. The molecule has 0 aromatic heterocycles. The summed E-state index contributed by atoms with van der Waals surface area (Å²) in [4.78, 5) is 37.4. The number of aryl methyl sites for hydroxylation is 1. The van der Waals surface area contributed by atoms with Crippen molar-refractivity contribution in [3.05, 3.63) is 35.4 Å². The van der Waals surface area contributed by atoms with Crippen LogP contribution in [0, 0.1) is 6.92 Å². The summed E-state index contributed by atoms with van der Waals surface area (Å²) >= 11 is 0. The molecule has 136 valence electrons. The Morgan fingerprint density at radius 2 is 1.92 bits per heavy atom. The molecule has 0 spiro atoms. The fraction of sp³-hybridized carbons (Fsp3) is 0.500. The fourth-order valence-corrected chi connectivity index (χ4v) is 2.93. The second-order valence-electron chi connectivity index (χ2n) is 6.52. The van der Waals surface area contributed by atoms with Gasteiger partial charge in [0.2, 0.25) is 17.7 Å². The van der Waals surface area contributed by atoms with Gasteiger partial charge in [0.25, 0.3) is 0 Å². The number of aliphatic hydroxyl groups excluding tert-OH is 1. The van der Waals surface area contributed by atoms with Crippen LogP contribution in [0.3, 0.4) is 0 Å². The van der Waals surface area contributed by atoms with Crippen LogP contribution in [0.4, 0.5) is 0 Å². The second kappa shape index (κ2) is 8.11. The molecule has 0 radical (unpaired) electrons. The quantitative estimate of drug-likeness (QED) is 0.703. The van der Waals surface area contributed by atoms with E-state index in [0.717, 1.165) is 11.1 Å². The third-order valence-corrected chi connectivity index (χ3v) is 4.24. The van der Waals surface area contributed by atoms with Crippen molar-refractivity contribution < 1.29 is 19.5 Å². The van der Waals surface area contributed by atoms with Crippen molar-refractivity contribution in [3.63, 3.8) is 0 Å². The molecule has 7 nitrogen and oxygen atoms in total. The molecular formula is C18H25N3O4. The van der Waals surface area contributed by atoms with Gasteiger partial charge in [-0.1, -0.05) is 29.8 Å². The molecule has 0 aliphatic carbocycles. The standard InChI is InChI=1S/C18H25N3O4/c1-11-4-6-14(7-5-11)9-19-17(24)16-8-15(23)10-21(16)18(25)12(2)20-13(3)22/h4-7,12,15-16,23H,8-10H2,1-3H3,(H,19,24)(H,20,22)/t12-,15+,16-/m0/s1. The van der Waals surface area contributed by atoms with E-state index in [4.69, 9.17) is 0 Å². The predicted octanol–water partition coefficient (Wildman–Crippen LogP) is 0.0976. The van der Waals surface area contributed by atoms with E-state index in [0.29, 0.717) is 6.54 Å². The molecule has 25 heavy (non-hydrogen) atoms. The summed E-state index contributed by atoms with van der Waals surface area (Å²) in [6, 6.07) is 6.32. The Balaban J connectivity index is 1.99. The molecule has 0 saturated carbocycles. The van der Waals surface area contributed by atoms with Crippen LogP contribution in [-0.4, -0.2) is 52.5 Å². The van der Waals surface area contributed by atoms with Crippen LogP contribution in [0.2, 0.25) is 0 Å². The minimum absolute atomic E-state index is 0.0887. The van der Waals surface area contributed by atoms with Crippen LogP contribution in [0.5, 0.6) is 0 Å². The van der Waals surface area contributed by atoms with E-state index in [2.05, 4.69) is 10.6 Å². The van der Waals surface area contributed by atoms with Crippen LogP contribution < -0.4 is 10.6 Å². The van der Waals surface area contributed by atoms with Crippen molar-refractivity contribution in [2.24, 2.45) is 0 Å². The van der Waals surface area contributed by atoms with Crippen LogP contribution in [-0.2, 0) is 20.9 Å². The van der Waals surface area contributed by atoms with E-state index in [9.17, 15) is 19.5 Å². The monoisotopic (exact) mass is 347 g/mol. The first kappa shape index (κ1) is 18.9. The zero-order valence-electron chi connectivity index (χ0n) is 14.8. The molecule has 3 amide bonds. The van der Waals surface area contributed by atoms with Crippen LogP contribution in [0.1, 0.15) is 31.4 Å². The normalized spacial score (nSPS) is 20.9. The van der Waals surface area contributed by atoms with E-state index in [-0.39, 0.29) is 30.7 Å². The number of carbonyl (C=O) groups excluding carboxylic acids is 3. The number of hydrogen-bond acceptors (Lipinski definition) is 4. The lowest BCUT2D eigenvalue weighted by Crippen LogP contribution is -2.52. The average Bonchev–Trinajstić information content (AvgIpc) is 2.94. The number of aliphatic hydroxyl groups is 1. The van der Waals surface area contributed by atoms with Gasteiger partial charge >= 0.3 is 0 Å². The third-order valence-electron chi connectivity index (χ3n) is 4.24. The number of carbonyl (C=O) groups is 3. The Labute approximate surface area is 147 Å². The fourth-order valence-electron chi connectivity index (χ4n) is 2.93. The van der Waals surface area contributed by atoms with E-state index >= 15 is 0 Å². The second-order valence-corrected chi connectivity index (χ2v) is 6.52. The van der Waals surface area contributed by atoms with Crippen molar-refractivity contribution >= 4 is 17.7 Å². The minimum Gasteiger partial charge on any atom is -0.391 e. The smallest absolute Gasteiger partial charge is 0.245 e. The molecule has 1 heterocycles. The summed E-state index contributed by atoms with van der Waals surface area (Å²) in [6.07, 6.45) is -0.554. The molecule has 1 aromatic rings. The molecule has 1 aliphatic rings. The highest BCUT2D eigenvalue weighted by Crippen LogP contribution is 2.19. The number of nitrogens with zero attached hydrogens (tertiary/aromatic N) is 1. The minimum atomic E-state index is -0.747. The topological polar surface area (TPSA) is 98.7 Å². The zero-order valence-corrected chi connectivity index (χ0v) is 14.8. The van der Waals surface area contributed by atoms with Gasteiger partial charge in [-0.3, -0.25) is 14.4 Å². The first-order valence-corrected chi connectivity index (χ1v) is 8.37. The van der Waals surface area contributed by atoms with Crippen LogP contribution in [0.25, 0.3) is 0 Å². The summed E-state index contributed by atoms with van der Waals surface area (Å²) in [5.41, 5.74) is 2.10. The number of amides is 3. The zero-order chi connectivity index (χ0) is 18.6. The highest BCUT2D eigenvalue weighted by molar-refractivity contribution is 5.92. The molecule has 0 bridgehead atoms. The van der Waals surface area contributed by atoms with Gasteiger partial charge in [-0.05, 0) is 19.4 Å². The summed E-state index contributed by atoms with van der Waals surface area (Å²) in [5, 5.41) is 15.2. The first-order chi connectivity index (χ1) is 11.8. The van der Waals surface area contributed by atoms with E-state index in [1.165, 1.54) is 11.8 Å². The van der Waals surface area contributed by atoms with Gasteiger partial charge < -0.3 is 20.6 Å². The largest absolute Gasteiger partial charge is 0.391 e. The van der Waals surface area contributed by atoms with Gasteiger partial charge in [-0.25, -0.2) is 0 Å². The number of benzene rings is 1. The SMILES string of the molecule is CC(=O)N[C@@H](C)C(=O)N1C[C@H](O)C[C@H]1C(=O)NCc1ccc(C)cc1. The lowest BCUT2D eigenvalue weighted by molar-refractivity contribution is -0.141. The lowest BCUT2D eigenvalue weighted by Gasteiger charge is -2.26. The van der Waals surface area contributed by atoms with Gasteiger partial charge in [0.1, 0.15) is 12.1 Å². The number of nitrogens with one attached hydrogen (secondary N) is 2. The van der Waals surface area contributed by atoms with E-state index in [1.54, 1.807) is 6.92 Å². The Hall–Kier alpha value is -2.41. The Kier molecular flexibility index (Phi) is 6.14. The average molecular weight is 347 g/mol. The van der Waals surface area contributed by atoms with Crippen molar-refractivity contribution in [2.45, 2.75) is 51.9 Å². The summed E-state index contributed by atoms with van der Waals surface area (Å²) < 4.78 is 0. The summed E-state index contributed by atoms with van der Waals surface area (Å²) in [6.45, 7) is 5.33. The first-order valence-electron chi connectivity index (χ1n) is 8.37. The predicted molar refractivity (Wildman–Crippen MR) is 92.4 cm³/mol. The third kappa shape index (κ3) is 5.03. The van der Waals surface area contributed by atoms with Crippen molar-refractivity contribution in [1.29, 1.82) is 0 Å². The van der Waals surface area contributed by atoms with Gasteiger partial charge in [0.05, 0.1) is 6.10 Å². The molecule has 1 aliphatic heterocycles. The van der Waals surface area contributed by atoms with Crippen LogP contribution in [0.15, 0.2) is 24.3 Å². The maximum atomic E-state index is 12.5. The molecule has 1 saturated heterocycles. The highest BCUT2D eigenvalue weighted by atomic mass is 16.3. The molecule has 3 atom stereocenters. The van der Waals surface area contributed by atoms with Gasteiger partial charge in [0, 0.05) is 26.4 Å². The van der Waals surface area contributed by atoms with Gasteiger partial charge in [-0.2, -0.15) is 0 Å². The van der Waals surface area contributed by atoms with E-state index < -0.39 is 18.2 Å². The molecular weight excluding hydrogens is 322 g/mol. The maximum Gasteiger partial charge on any atom is 0.245 e.